The predicted molar refractivity (Wildman–Crippen MR) is 91.9 cm³/mol. The predicted octanol–water partition coefficient (Wildman–Crippen LogP) is 4.60. The molecule has 0 spiro atoms. The lowest BCUT2D eigenvalue weighted by Gasteiger charge is -2.60. The van der Waals surface area contributed by atoms with Gasteiger partial charge < -0.3 is 5.11 Å². The second-order valence-corrected chi connectivity index (χ2v) is 9.87. The van der Waals surface area contributed by atoms with E-state index in [-0.39, 0.29) is 11.5 Å². The molecular weight excluding hydrogens is 284 g/mol. The van der Waals surface area contributed by atoms with Crippen molar-refractivity contribution in [2.75, 3.05) is 0 Å². The first-order valence-electron chi connectivity index (χ1n) is 10.0. The SMILES string of the molecule is CC(=O)[C@H]1CCC2C3CCC4C[C@H](O)CC[C@]4(C)C3CC[C@@]21C. The summed E-state index contributed by atoms with van der Waals surface area (Å²) in [4.78, 5) is 12.2. The van der Waals surface area contributed by atoms with Gasteiger partial charge in [-0.2, -0.15) is 0 Å². The fourth-order valence-corrected chi connectivity index (χ4v) is 7.90. The van der Waals surface area contributed by atoms with Gasteiger partial charge in [0.25, 0.3) is 0 Å². The molecule has 0 heterocycles. The fraction of sp³-hybridized carbons (Fsp3) is 0.952. The van der Waals surface area contributed by atoms with Crippen molar-refractivity contribution in [3.05, 3.63) is 0 Å². The van der Waals surface area contributed by atoms with Crippen molar-refractivity contribution in [1.82, 2.24) is 0 Å². The lowest BCUT2D eigenvalue weighted by Crippen LogP contribution is -2.54. The van der Waals surface area contributed by atoms with Gasteiger partial charge in [0.1, 0.15) is 5.78 Å². The summed E-state index contributed by atoms with van der Waals surface area (Å²) in [6.45, 7) is 6.80. The first-order valence-corrected chi connectivity index (χ1v) is 10.0. The van der Waals surface area contributed by atoms with Crippen LogP contribution < -0.4 is 0 Å². The summed E-state index contributed by atoms with van der Waals surface area (Å²) in [5.74, 6) is 3.97. The standard InChI is InChI=1S/C21H34O2/c1-13(22)17-6-7-18-16-5-4-14-12-15(23)8-10-20(14,2)19(16)9-11-21(17,18)3/h14-19,23H,4-12H2,1-3H3/t14?,15-,16?,17-,18?,19?,20+,21-/m1/s1. The first kappa shape index (κ1) is 16.1. The number of hydrogen-bond donors (Lipinski definition) is 1. The summed E-state index contributed by atoms with van der Waals surface area (Å²) in [5.41, 5.74) is 0.738. The Balaban J connectivity index is 1.61. The van der Waals surface area contributed by atoms with Gasteiger partial charge in [-0.3, -0.25) is 4.79 Å². The van der Waals surface area contributed by atoms with Crippen LogP contribution in [0.1, 0.15) is 78.6 Å². The number of rotatable bonds is 1. The van der Waals surface area contributed by atoms with Crippen molar-refractivity contribution < 1.29 is 9.90 Å². The molecule has 0 aromatic carbocycles. The van der Waals surface area contributed by atoms with Gasteiger partial charge in [0.2, 0.25) is 0 Å². The zero-order valence-corrected chi connectivity index (χ0v) is 15.2. The lowest BCUT2D eigenvalue weighted by molar-refractivity contribution is -0.138. The molecule has 4 aliphatic carbocycles. The first-order chi connectivity index (χ1) is 10.9. The molecule has 0 bridgehead atoms. The number of aliphatic hydroxyl groups excluding tert-OH is 1. The minimum atomic E-state index is -0.0490. The molecule has 0 amide bonds. The summed E-state index contributed by atoms with van der Waals surface area (Å²) in [7, 11) is 0. The summed E-state index contributed by atoms with van der Waals surface area (Å²) >= 11 is 0. The van der Waals surface area contributed by atoms with E-state index < -0.39 is 0 Å². The maximum absolute atomic E-state index is 12.2. The molecule has 0 aromatic rings. The van der Waals surface area contributed by atoms with E-state index in [4.69, 9.17) is 0 Å². The van der Waals surface area contributed by atoms with Crippen molar-refractivity contribution in [2.45, 2.75) is 84.7 Å². The van der Waals surface area contributed by atoms with Crippen LogP contribution in [0.3, 0.4) is 0 Å². The van der Waals surface area contributed by atoms with E-state index in [1.807, 2.05) is 6.92 Å². The maximum Gasteiger partial charge on any atom is 0.133 e. The highest BCUT2D eigenvalue weighted by atomic mass is 16.3. The van der Waals surface area contributed by atoms with E-state index in [1.54, 1.807) is 0 Å². The Morgan fingerprint density at radius 1 is 0.913 bits per heavy atom. The van der Waals surface area contributed by atoms with Crippen LogP contribution in [0.25, 0.3) is 0 Å². The van der Waals surface area contributed by atoms with Gasteiger partial charge in [0, 0.05) is 5.92 Å². The third kappa shape index (κ3) is 2.19. The molecule has 4 unspecified atom stereocenters. The molecule has 0 aliphatic heterocycles. The molecule has 0 saturated heterocycles. The molecule has 130 valence electrons. The van der Waals surface area contributed by atoms with Crippen LogP contribution >= 0.6 is 0 Å². The van der Waals surface area contributed by atoms with Crippen molar-refractivity contribution in [2.24, 2.45) is 40.4 Å². The van der Waals surface area contributed by atoms with Crippen LogP contribution in [0, 0.1) is 40.4 Å². The Morgan fingerprint density at radius 2 is 1.61 bits per heavy atom. The molecule has 4 rings (SSSR count). The molecule has 23 heavy (non-hydrogen) atoms. The molecule has 2 heteroatoms. The largest absolute Gasteiger partial charge is 0.393 e. The van der Waals surface area contributed by atoms with Gasteiger partial charge in [0.15, 0.2) is 0 Å². The Kier molecular flexibility index (Phi) is 3.72. The van der Waals surface area contributed by atoms with Crippen LogP contribution in [0.2, 0.25) is 0 Å². The summed E-state index contributed by atoms with van der Waals surface area (Å²) in [6.07, 6.45) is 10.9. The highest BCUT2D eigenvalue weighted by Gasteiger charge is 2.60. The van der Waals surface area contributed by atoms with E-state index in [1.165, 1.54) is 38.5 Å². The highest BCUT2D eigenvalue weighted by molar-refractivity contribution is 5.79. The van der Waals surface area contributed by atoms with Gasteiger partial charge in [-0.1, -0.05) is 13.8 Å². The smallest absolute Gasteiger partial charge is 0.133 e. The highest BCUT2D eigenvalue weighted by Crippen LogP contribution is 2.67. The average Bonchev–Trinajstić information content (AvgIpc) is 2.85. The van der Waals surface area contributed by atoms with Crippen molar-refractivity contribution in [3.8, 4) is 0 Å². The summed E-state index contributed by atoms with van der Waals surface area (Å²) in [5, 5.41) is 10.1. The van der Waals surface area contributed by atoms with Crippen molar-refractivity contribution in [3.63, 3.8) is 0 Å². The number of ketones is 1. The number of carbonyl (C=O) groups is 1. The third-order valence-electron chi connectivity index (χ3n) is 9.13. The van der Waals surface area contributed by atoms with Crippen LogP contribution in [-0.2, 0) is 4.79 Å². The minimum Gasteiger partial charge on any atom is -0.393 e. The molecule has 4 saturated carbocycles. The second-order valence-electron chi connectivity index (χ2n) is 9.87. The zero-order chi connectivity index (χ0) is 16.4. The van der Waals surface area contributed by atoms with Gasteiger partial charge >= 0.3 is 0 Å². The van der Waals surface area contributed by atoms with Crippen LogP contribution in [0.5, 0.6) is 0 Å². The maximum atomic E-state index is 12.2. The number of Topliss-reactive ketones (excluding diaryl/α,β-unsaturated/α-hetero) is 1. The number of hydrogen-bond acceptors (Lipinski definition) is 2. The molecule has 8 atom stereocenters. The summed E-state index contributed by atoms with van der Waals surface area (Å²) < 4.78 is 0. The van der Waals surface area contributed by atoms with Crippen LogP contribution in [-0.4, -0.2) is 17.0 Å². The number of carbonyl (C=O) groups excluding carboxylic acids is 1. The second kappa shape index (κ2) is 5.31. The van der Waals surface area contributed by atoms with E-state index >= 15 is 0 Å². The van der Waals surface area contributed by atoms with E-state index in [9.17, 15) is 9.90 Å². The normalized spacial score (nSPS) is 55.7. The van der Waals surface area contributed by atoms with E-state index in [0.29, 0.717) is 17.1 Å². The Hall–Kier alpha value is -0.370. The van der Waals surface area contributed by atoms with Crippen LogP contribution in [0.15, 0.2) is 0 Å². The lowest BCUT2D eigenvalue weighted by atomic mass is 9.44. The third-order valence-corrected chi connectivity index (χ3v) is 9.13. The molecule has 0 aromatic heterocycles. The van der Waals surface area contributed by atoms with Crippen molar-refractivity contribution in [1.29, 1.82) is 0 Å². The average molecular weight is 319 g/mol. The molecule has 1 N–H and O–H groups in total. The number of fused-ring (bicyclic) bond motifs is 5. The molecule has 4 fully saturated rings. The monoisotopic (exact) mass is 318 g/mol. The van der Waals surface area contributed by atoms with E-state index in [0.717, 1.165) is 42.9 Å². The molecule has 4 aliphatic rings. The van der Waals surface area contributed by atoms with Gasteiger partial charge in [-0.05, 0) is 99.2 Å². The van der Waals surface area contributed by atoms with Crippen LogP contribution in [0.4, 0.5) is 0 Å². The topological polar surface area (TPSA) is 37.3 Å². The molecule has 0 radical (unpaired) electrons. The van der Waals surface area contributed by atoms with Crippen molar-refractivity contribution >= 4 is 5.78 Å². The fourth-order valence-electron chi connectivity index (χ4n) is 7.90. The van der Waals surface area contributed by atoms with E-state index in [2.05, 4.69) is 13.8 Å². The Bertz CT molecular complexity index is 500. The quantitative estimate of drug-likeness (QED) is 0.767. The Labute approximate surface area is 141 Å². The Morgan fingerprint density at radius 3 is 2.35 bits per heavy atom. The summed E-state index contributed by atoms with van der Waals surface area (Å²) in [6, 6.07) is 0. The van der Waals surface area contributed by atoms with Gasteiger partial charge in [-0.25, -0.2) is 0 Å². The molecular formula is C21H34O2. The number of aliphatic hydroxyl groups is 1. The van der Waals surface area contributed by atoms with Gasteiger partial charge in [0.05, 0.1) is 6.10 Å². The zero-order valence-electron chi connectivity index (χ0n) is 15.2. The minimum absolute atomic E-state index is 0.0490. The van der Waals surface area contributed by atoms with Gasteiger partial charge in [-0.15, -0.1) is 0 Å². The molecule has 2 nitrogen and oxygen atoms in total.